The molecular formula is C15H18. The quantitative estimate of drug-likeness (QED) is 0.581. The molecule has 0 bridgehead atoms. The summed E-state index contributed by atoms with van der Waals surface area (Å²) in [6, 6.07) is 8.99. The van der Waals surface area contributed by atoms with E-state index in [1.807, 2.05) is 0 Å². The predicted molar refractivity (Wildman–Crippen MR) is 64.8 cm³/mol. The Balaban J connectivity index is 1.99. The number of allylic oxidation sites excluding steroid dienone is 2. The van der Waals surface area contributed by atoms with E-state index in [0.717, 1.165) is 0 Å². The summed E-state index contributed by atoms with van der Waals surface area (Å²) in [5.41, 5.74) is 6.58. The SMILES string of the molecule is c1ccc2c(c1)CC1=C2CCCCCC1. The van der Waals surface area contributed by atoms with Gasteiger partial charge in [0, 0.05) is 0 Å². The molecule has 1 aromatic carbocycles. The van der Waals surface area contributed by atoms with Crippen LogP contribution >= 0.6 is 0 Å². The molecule has 0 unspecified atom stereocenters. The van der Waals surface area contributed by atoms with Gasteiger partial charge in [-0.25, -0.2) is 0 Å². The van der Waals surface area contributed by atoms with Crippen molar-refractivity contribution in [2.75, 3.05) is 0 Å². The van der Waals surface area contributed by atoms with Crippen molar-refractivity contribution in [1.29, 1.82) is 0 Å². The standard InChI is InChI=1S/C15H18/c1-2-4-9-14-12(7-3-1)11-13-8-5-6-10-15(13)14/h5-6,8,10H,1-4,7,9,11H2. The van der Waals surface area contributed by atoms with E-state index in [1.54, 1.807) is 22.3 Å². The van der Waals surface area contributed by atoms with E-state index in [4.69, 9.17) is 0 Å². The highest BCUT2D eigenvalue weighted by Crippen LogP contribution is 2.39. The second kappa shape index (κ2) is 3.84. The summed E-state index contributed by atoms with van der Waals surface area (Å²) in [7, 11) is 0. The van der Waals surface area contributed by atoms with E-state index < -0.39 is 0 Å². The van der Waals surface area contributed by atoms with Crippen LogP contribution in [0.5, 0.6) is 0 Å². The van der Waals surface area contributed by atoms with E-state index in [2.05, 4.69) is 24.3 Å². The van der Waals surface area contributed by atoms with Gasteiger partial charge in [0.2, 0.25) is 0 Å². The number of rotatable bonds is 0. The van der Waals surface area contributed by atoms with Crippen molar-refractivity contribution in [2.45, 2.75) is 44.9 Å². The molecule has 0 fully saturated rings. The summed E-state index contributed by atoms with van der Waals surface area (Å²) < 4.78 is 0. The molecule has 0 aliphatic heterocycles. The molecule has 2 aliphatic carbocycles. The Morgan fingerprint density at radius 3 is 2.53 bits per heavy atom. The second-order valence-corrected chi connectivity index (χ2v) is 4.83. The molecular weight excluding hydrogens is 180 g/mol. The minimum absolute atomic E-state index is 1.24. The van der Waals surface area contributed by atoms with Crippen molar-refractivity contribution in [3.63, 3.8) is 0 Å². The molecule has 0 heteroatoms. The van der Waals surface area contributed by atoms with Crippen LogP contribution in [0.3, 0.4) is 0 Å². The molecule has 0 radical (unpaired) electrons. The molecule has 0 N–H and O–H groups in total. The van der Waals surface area contributed by atoms with Crippen LogP contribution in [-0.2, 0) is 6.42 Å². The van der Waals surface area contributed by atoms with E-state index in [1.165, 1.54) is 44.9 Å². The molecule has 0 aromatic heterocycles. The van der Waals surface area contributed by atoms with E-state index >= 15 is 0 Å². The van der Waals surface area contributed by atoms with Crippen molar-refractivity contribution >= 4 is 5.57 Å². The van der Waals surface area contributed by atoms with Gasteiger partial charge in [-0.15, -0.1) is 0 Å². The van der Waals surface area contributed by atoms with Crippen LogP contribution in [-0.4, -0.2) is 0 Å². The number of benzene rings is 1. The van der Waals surface area contributed by atoms with Crippen LogP contribution in [0.15, 0.2) is 29.8 Å². The third kappa shape index (κ3) is 1.62. The monoisotopic (exact) mass is 198 g/mol. The molecule has 15 heavy (non-hydrogen) atoms. The van der Waals surface area contributed by atoms with E-state index in [9.17, 15) is 0 Å². The summed E-state index contributed by atoms with van der Waals surface area (Å²) in [6.07, 6.45) is 9.59. The first-order valence-corrected chi connectivity index (χ1v) is 6.24. The average molecular weight is 198 g/mol. The van der Waals surface area contributed by atoms with Gasteiger partial charge < -0.3 is 0 Å². The van der Waals surface area contributed by atoms with Gasteiger partial charge in [-0.2, -0.15) is 0 Å². The van der Waals surface area contributed by atoms with Gasteiger partial charge >= 0.3 is 0 Å². The summed E-state index contributed by atoms with van der Waals surface area (Å²) in [5.74, 6) is 0. The van der Waals surface area contributed by atoms with Crippen LogP contribution in [0, 0.1) is 0 Å². The zero-order valence-corrected chi connectivity index (χ0v) is 9.26. The lowest BCUT2D eigenvalue weighted by Gasteiger charge is -2.12. The van der Waals surface area contributed by atoms with E-state index in [-0.39, 0.29) is 0 Å². The highest BCUT2D eigenvalue weighted by molar-refractivity contribution is 5.76. The van der Waals surface area contributed by atoms with E-state index in [0.29, 0.717) is 0 Å². The molecule has 0 spiro atoms. The van der Waals surface area contributed by atoms with Gasteiger partial charge in [0.05, 0.1) is 0 Å². The van der Waals surface area contributed by atoms with Crippen molar-refractivity contribution in [3.05, 3.63) is 41.0 Å². The summed E-state index contributed by atoms with van der Waals surface area (Å²) >= 11 is 0. The van der Waals surface area contributed by atoms with Gasteiger partial charge in [-0.05, 0) is 48.8 Å². The molecule has 0 atom stereocenters. The van der Waals surface area contributed by atoms with Crippen molar-refractivity contribution in [1.82, 2.24) is 0 Å². The van der Waals surface area contributed by atoms with Crippen LogP contribution in [0.25, 0.3) is 5.57 Å². The number of fused-ring (bicyclic) bond motifs is 2. The topological polar surface area (TPSA) is 0 Å². The summed E-state index contributed by atoms with van der Waals surface area (Å²) in [6.45, 7) is 0. The normalized spacial score (nSPS) is 20.5. The molecule has 2 aliphatic rings. The first-order valence-electron chi connectivity index (χ1n) is 6.24. The fourth-order valence-corrected chi connectivity index (χ4v) is 3.04. The first-order chi connectivity index (χ1) is 7.45. The first kappa shape index (κ1) is 9.21. The maximum Gasteiger partial charge on any atom is -0.00550 e. The van der Waals surface area contributed by atoms with Gasteiger partial charge in [-0.3, -0.25) is 0 Å². The maximum absolute atomic E-state index is 2.32. The highest BCUT2D eigenvalue weighted by atomic mass is 14.3. The minimum Gasteiger partial charge on any atom is -0.0620 e. The lowest BCUT2D eigenvalue weighted by atomic mass is 9.93. The largest absolute Gasteiger partial charge is 0.0620 e. The minimum atomic E-state index is 1.24. The number of hydrogen-bond acceptors (Lipinski definition) is 0. The Kier molecular flexibility index (Phi) is 2.36. The Hall–Kier alpha value is -1.04. The third-order valence-corrected chi connectivity index (χ3v) is 3.83. The van der Waals surface area contributed by atoms with Crippen LogP contribution in [0.2, 0.25) is 0 Å². The molecule has 0 amide bonds. The number of hydrogen-bond donors (Lipinski definition) is 0. The van der Waals surface area contributed by atoms with Gasteiger partial charge in [-0.1, -0.05) is 42.7 Å². The summed E-state index contributed by atoms with van der Waals surface area (Å²) in [5, 5.41) is 0. The maximum atomic E-state index is 2.32. The zero-order chi connectivity index (χ0) is 10.1. The van der Waals surface area contributed by atoms with Crippen LogP contribution < -0.4 is 0 Å². The lowest BCUT2D eigenvalue weighted by molar-refractivity contribution is 0.630. The fraction of sp³-hybridized carbons (Fsp3) is 0.467. The van der Waals surface area contributed by atoms with Crippen molar-refractivity contribution in [3.8, 4) is 0 Å². The molecule has 3 rings (SSSR count). The van der Waals surface area contributed by atoms with Crippen molar-refractivity contribution < 1.29 is 0 Å². The smallest absolute Gasteiger partial charge is 0.00550 e. The average Bonchev–Trinajstić information content (AvgIpc) is 2.55. The third-order valence-electron chi connectivity index (χ3n) is 3.83. The zero-order valence-electron chi connectivity index (χ0n) is 9.26. The Bertz CT molecular complexity index is 398. The molecule has 0 saturated heterocycles. The predicted octanol–water partition coefficient (Wildman–Crippen LogP) is 4.35. The van der Waals surface area contributed by atoms with Gasteiger partial charge in [0.1, 0.15) is 0 Å². The molecule has 78 valence electrons. The molecule has 1 aromatic rings. The van der Waals surface area contributed by atoms with Crippen LogP contribution in [0.4, 0.5) is 0 Å². The highest BCUT2D eigenvalue weighted by Gasteiger charge is 2.20. The molecule has 0 saturated carbocycles. The Morgan fingerprint density at radius 2 is 1.60 bits per heavy atom. The van der Waals surface area contributed by atoms with Gasteiger partial charge in [0.25, 0.3) is 0 Å². The van der Waals surface area contributed by atoms with Crippen molar-refractivity contribution in [2.24, 2.45) is 0 Å². The second-order valence-electron chi connectivity index (χ2n) is 4.83. The lowest BCUT2D eigenvalue weighted by Crippen LogP contribution is -1.92. The van der Waals surface area contributed by atoms with Crippen LogP contribution in [0.1, 0.15) is 49.7 Å². The Morgan fingerprint density at radius 1 is 0.800 bits per heavy atom. The van der Waals surface area contributed by atoms with Gasteiger partial charge in [0.15, 0.2) is 0 Å². The molecule has 0 nitrogen and oxygen atoms in total. The summed E-state index contributed by atoms with van der Waals surface area (Å²) in [4.78, 5) is 0. The fourth-order valence-electron chi connectivity index (χ4n) is 3.04. The molecule has 0 heterocycles. The Labute approximate surface area is 92.0 Å².